The highest BCUT2D eigenvalue weighted by Crippen LogP contribution is 2.26. The maximum Gasteiger partial charge on any atom is 0.0540 e. The molecule has 0 bridgehead atoms. The van der Waals surface area contributed by atoms with Gasteiger partial charge in [0.1, 0.15) is 0 Å². The first kappa shape index (κ1) is 8.06. The van der Waals surface area contributed by atoms with E-state index in [1.165, 1.54) is 19.3 Å². The lowest BCUT2D eigenvalue weighted by Gasteiger charge is -2.24. The minimum Gasteiger partial charge on any atom is -0.393 e. The summed E-state index contributed by atoms with van der Waals surface area (Å²) in [4.78, 5) is 0. The van der Waals surface area contributed by atoms with E-state index in [9.17, 15) is 5.11 Å². The van der Waals surface area contributed by atoms with Gasteiger partial charge in [0.2, 0.25) is 0 Å². The Kier molecular flexibility index (Phi) is 3.20. The molecule has 0 aromatic heterocycles. The molecular weight excluding hydrogens is 124 g/mol. The average molecular weight is 141 g/mol. The summed E-state index contributed by atoms with van der Waals surface area (Å²) in [6, 6.07) is 0. The summed E-state index contributed by atoms with van der Waals surface area (Å²) in [6.45, 7) is 2.19. The summed E-state index contributed by atoms with van der Waals surface area (Å²) in [6.07, 6.45) is 8.00. The van der Waals surface area contributed by atoms with E-state index in [1.54, 1.807) is 0 Å². The van der Waals surface area contributed by atoms with Crippen LogP contribution in [0.4, 0.5) is 0 Å². The first-order chi connectivity index (χ1) is 4.83. The van der Waals surface area contributed by atoms with Gasteiger partial charge in [-0.05, 0) is 38.0 Å². The van der Waals surface area contributed by atoms with Crippen molar-refractivity contribution in [3.63, 3.8) is 0 Å². The molecule has 1 saturated carbocycles. The fraction of sp³-hybridized carbons (Fsp3) is 0.889. The third kappa shape index (κ3) is 2.30. The van der Waals surface area contributed by atoms with Crippen LogP contribution in [-0.4, -0.2) is 11.2 Å². The second-order valence-electron chi connectivity index (χ2n) is 3.21. The maximum absolute atomic E-state index is 9.18. The summed E-state index contributed by atoms with van der Waals surface area (Å²) in [5.74, 6) is 0.799. The molecule has 1 rings (SSSR count). The van der Waals surface area contributed by atoms with Crippen LogP contribution < -0.4 is 0 Å². The molecule has 1 aliphatic carbocycles. The molecule has 0 aliphatic heterocycles. The average Bonchev–Trinajstić information content (AvgIpc) is 1.95. The first-order valence-corrected chi connectivity index (χ1v) is 4.34. The van der Waals surface area contributed by atoms with E-state index in [4.69, 9.17) is 0 Å². The Labute approximate surface area is 63.4 Å². The van der Waals surface area contributed by atoms with Gasteiger partial charge in [-0.25, -0.2) is 0 Å². The fourth-order valence-corrected chi connectivity index (χ4v) is 1.67. The van der Waals surface area contributed by atoms with Crippen molar-refractivity contribution >= 4 is 0 Å². The SMILES string of the molecule is CC[CH][C@H]1CC[C@H](O)CC1. The Bertz CT molecular complexity index is 82.7. The van der Waals surface area contributed by atoms with Crippen LogP contribution in [0, 0.1) is 12.3 Å². The maximum atomic E-state index is 9.18. The molecular formula is C9H17O. The molecule has 0 amide bonds. The summed E-state index contributed by atoms with van der Waals surface area (Å²) in [7, 11) is 0. The van der Waals surface area contributed by atoms with Crippen molar-refractivity contribution in [2.75, 3.05) is 0 Å². The smallest absolute Gasteiger partial charge is 0.0540 e. The monoisotopic (exact) mass is 141 g/mol. The summed E-state index contributed by atoms with van der Waals surface area (Å²) in [5, 5.41) is 9.18. The van der Waals surface area contributed by atoms with Gasteiger partial charge in [0.05, 0.1) is 6.10 Å². The largest absolute Gasteiger partial charge is 0.393 e. The molecule has 0 aromatic rings. The van der Waals surface area contributed by atoms with E-state index >= 15 is 0 Å². The lowest BCUT2D eigenvalue weighted by molar-refractivity contribution is 0.114. The Morgan fingerprint density at radius 2 is 1.90 bits per heavy atom. The second-order valence-corrected chi connectivity index (χ2v) is 3.21. The molecule has 0 atom stereocenters. The molecule has 1 nitrogen and oxygen atoms in total. The molecule has 10 heavy (non-hydrogen) atoms. The van der Waals surface area contributed by atoms with Crippen molar-refractivity contribution in [2.24, 2.45) is 5.92 Å². The summed E-state index contributed by atoms with van der Waals surface area (Å²) in [5.41, 5.74) is 0. The fourth-order valence-electron chi connectivity index (χ4n) is 1.67. The van der Waals surface area contributed by atoms with Gasteiger partial charge in [-0.1, -0.05) is 13.3 Å². The summed E-state index contributed by atoms with van der Waals surface area (Å²) < 4.78 is 0. The zero-order valence-corrected chi connectivity index (χ0v) is 6.71. The molecule has 1 radical (unpaired) electrons. The van der Waals surface area contributed by atoms with E-state index in [1.807, 2.05) is 0 Å². The molecule has 0 heterocycles. The van der Waals surface area contributed by atoms with E-state index < -0.39 is 0 Å². The van der Waals surface area contributed by atoms with Crippen LogP contribution in [0.2, 0.25) is 0 Å². The van der Waals surface area contributed by atoms with Gasteiger partial charge in [-0.15, -0.1) is 0 Å². The minimum atomic E-state index is 0.00139. The van der Waals surface area contributed by atoms with E-state index in [0.717, 1.165) is 18.8 Å². The van der Waals surface area contributed by atoms with Gasteiger partial charge < -0.3 is 5.11 Å². The van der Waals surface area contributed by atoms with Gasteiger partial charge in [0.25, 0.3) is 0 Å². The molecule has 0 saturated heterocycles. The molecule has 1 aliphatic rings. The van der Waals surface area contributed by atoms with Gasteiger partial charge in [-0.2, -0.15) is 0 Å². The van der Waals surface area contributed by atoms with Crippen molar-refractivity contribution in [3.8, 4) is 0 Å². The number of hydrogen-bond donors (Lipinski definition) is 1. The normalized spacial score (nSPS) is 34.2. The lowest BCUT2D eigenvalue weighted by Crippen LogP contribution is -2.18. The number of aliphatic hydroxyl groups excluding tert-OH is 1. The van der Waals surface area contributed by atoms with Crippen molar-refractivity contribution in [2.45, 2.75) is 45.1 Å². The quantitative estimate of drug-likeness (QED) is 0.624. The first-order valence-electron chi connectivity index (χ1n) is 4.34. The second kappa shape index (κ2) is 3.97. The predicted octanol–water partition coefficient (Wildman–Crippen LogP) is 2.15. The zero-order chi connectivity index (χ0) is 7.40. The van der Waals surface area contributed by atoms with Gasteiger partial charge in [0.15, 0.2) is 0 Å². The Hall–Kier alpha value is -0.0400. The lowest BCUT2D eigenvalue weighted by atomic mass is 9.85. The van der Waals surface area contributed by atoms with E-state index in [-0.39, 0.29) is 6.10 Å². The Morgan fingerprint density at radius 3 is 2.40 bits per heavy atom. The molecule has 0 spiro atoms. The van der Waals surface area contributed by atoms with Crippen LogP contribution in [0.15, 0.2) is 0 Å². The van der Waals surface area contributed by atoms with Crippen LogP contribution in [0.1, 0.15) is 39.0 Å². The topological polar surface area (TPSA) is 20.2 Å². The number of rotatable bonds is 2. The van der Waals surface area contributed by atoms with Gasteiger partial charge in [0, 0.05) is 0 Å². The minimum absolute atomic E-state index is 0.00139. The molecule has 1 N–H and O–H groups in total. The van der Waals surface area contributed by atoms with Crippen molar-refractivity contribution in [1.29, 1.82) is 0 Å². The van der Waals surface area contributed by atoms with Crippen molar-refractivity contribution in [3.05, 3.63) is 6.42 Å². The van der Waals surface area contributed by atoms with Gasteiger partial charge >= 0.3 is 0 Å². The number of aliphatic hydroxyl groups is 1. The van der Waals surface area contributed by atoms with Crippen LogP contribution in [0.3, 0.4) is 0 Å². The van der Waals surface area contributed by atoms with Crippen LogP contribution in [0.25, 0.3) is 0 Å². The van der Waals surface area contributed by atoms with Crippen molar-refractivity contribution in [1.82, 2.24) is 0 Å². The van der Waals surface area contributed by atoms with Crippen molar-refractivity contribution < 1.29 is 5.11 Å². The molecule has 59 valence electrons. The number of hydrogen-bond acceptors (Lipinski definition) is 1. The predicted molar refractivity (Wildman–Crippen MR) is 42.6 cm³/mol. The highest BCUT2D eigenvalue weighted by atomic mass is 16.3. The Balaban J connectivity index is 2.13. The van der Waals surface area contributed by atoms with Crippen LogP contribution in [-0.2, 0) is 0 Å². The van der Waals surface area contributed by atoms with Crippen LogP contribution >= 0.6 is 0 Å². The van der Waals surface area contributed by atoms with Gasteiger partial charge in [-0.3, -0.25) is 0 Å². The molecule has 1 heteroatoms. The van der Waals surface area contributed by atoms with Crippen LogP contribution in [0.5, 0.6) is 0 Å². The highest BCUT2D eigenvalue weighted by molar-refractivity contribution is 4.80. The van der Waals surface area contributed by atoms with E-state index in [0.29, 0.717) is 0 Å². The third-order valence-electron chi connectivity index (χ3n) is 2.31. The zero-order valence-electron chi connectivity index (χ0n) is 6.71. The summed E-state index contributed by atoms with van der Waals surface area (Å²) >= 11 is 0. The standard InChI is InChI=1S/C9H17O/c1-2-3-8-4-6-9(10)7-5-8/h3,8-10H,2,4-7H2,1H3/t8-,9-. The Morgan fingerprint density at radius 1 is 1.30 bits per heavy atom. The molecule has 0 unspecified atom stereocenters. The highest BCUT2D eigenvalue weighted by Gasteiger charge is 2.17. The van der Waals surface area contributed by atoms with E-state index in [2.05, 4.69) is 13.3 Å². The third-order valence-corrected chi connectivity index (χ3v) is 2.31. The molecule has 1 fully saturated rings. The molecule has 0 aromatic carbocycles.